The fraction of sp³-hybridized carbons (Fsp3) is 0.450. The van der Waals surface area contributed by atoms with Gasteiger partial charge >= 0.3 is 0 Å². The number of amides is 1. The van der Waals surface area contributed by atoms with Crippen molar-refractivity contribution in [3.63, 3.8) is 0 Å². The van der Waals surface area contributed by atoms with Gasteiger partial charge in [0.05, 0.1) is 25.5 Å². The molecule has 5 nitrogen and oxygen atoms in total. The van der Waals surface area contributed by atoms with Gasteiger partial charge in [0.2, 0.25) is 5.91 Å². The molecular weight excluding hydrogens is 316 g/mol. The summed E-state index contributed by atoms with van der Waals surface area (Å²) in [6.07, 6.45) is 4.37. The summed E-state index contributed by atoms with van der Waals surface area (Å²) in [5.74, 6) is 1.05. The lowest BCUT2D eigenvalue weighted by Gasteiger charge is -2.27. The summed E-state index contributed by atoms with van der Waals surface area (Å²) in [7, 11) is 1.94. The first-order valence-electron chi connectivity index (χ1n) is 8.88. The Morgan fingerprint density at radius 1 is 1.20 bits per heavy atom. The molecule has 1 fully saturated rings. The van der Waals surface area contributed by atoms with Gasteiger partial charge < -0.3 is 14.4 Å². The van der Waals surface area contributed by atoms with Gasteiger partial charge in [-0.3, -0.25) is 9.69 Å². The molecule has 1 amide bonds. The topological polar surface area (TPSA) is 56.9 Å². The summed E-state index contributed by atoms with van der Waals surface area (Å²) in [5, 5.41) is 10.00. The maximum Gasteiger partial charge on any atom is 0.241 e. The van der Waals surface area contributed by atoms with Crippen molar-refractivity contribution in [3.8, 4) is 0 Å². The van der Waals surface area contributed by atoms with Gasteiger partial charge in [-0.05, 0) is 50.1 Å². The Balaban J connectivity index is 1.66. The number of furan rings is 1. The van der Waals surface area contributed by atoms with E-state index in [2.05, 4.69) is 0 Å². The maximum atomic E-state index is 12.9. The third kappa shape index (κ3) is 4.71. The summed E-state index contributed by atoms with van der Waals surface area (Å²) in [6.45, 7) is 1.48. The number of para-hydroxylation sites is 1. The minimum Gasteiger partial charge on any atom is -0.467 e. The van der Waals surface area contributed by atoms with Crippen molar-refractivity contribution in [1.29, 1.82) is 0 Å². The molecule has 0 radical (unpaired) electrons. The van der Waals surface area contributed by atoms with Crippen LogP contribution in [0.5, 0.6) is 0 Å². The van der Waals surface area contributed by atoms with Crippen LogP contribution in [0, 0.1) is 5.92 Å². The Bertz CT molecular complexity index is 657. The highest BCUT2D eigenvalue weighted by Crippen LogP contribution is 2.26. The number of aliphatic hydroxyl groups is 1. The summed E-state index contributed by atoms with van der Waals surface area (Å²) >= 11 is 0. The smallest absolute Gasteiger partial charge is 0.241 e. The van der Waals surface area contributed by atoms with Crippen LogP contribution in [0.2, 0.25) is 0 Å². The highest BCUT2D eigenvalue weighted by Gasteiger charge is 2.27. The van der Waals surface area contributed by atoms with Gasteiger partial charge in [-0.2, -0.15) is 0 Å². The lowest BCUT2D eigenvalue weighted by atomic mass is 10.1. The molecule has 1 saturated carbocycles. The van der Waals surface area contributed by atoms with E-state index in [1.807, 2.05) is 54.4 Å². The number of likely N-dealkylation sites (N-methyl/N-ethyl adjacent to an activating group) is 1. The van der Waals surface area contributed by atoms with Crippen LogP contribution in [0.4, 0.5) is 5.69 Å². The highest BCUT2D eigenvalue weighted by molar-refractivity contribution is 5.94. The van der Waals surface area contributed by atoms with Crippen molar-refractivity contribution in [2.45, 2.75) is 31.9 Å². The van der Waals surface area contributed by atoms with Crippen LogP contribution in [0.15, 0.2) is 53.1 Å². The maximum absolute atomic E-state index is 12.9. The second-order valence-corrected chi connectivity index (χ2v) is 6.85. The number of hydrogen-bond acceptors (Lipinski definition) is 4. The van der Waals surface area contributed by atoms with E-state index in [9.17, 15) is 9.90 Å². The highest BCUT2D eigenvalue weighted by atomic mass is 16.3. The molecule has 0 aliphatic heterocycles. The first kappa shape index (κ1) is 17.7. The van der Waals surface area contributed by atoms with Crippen LogP contribution in [-0.4, -0.2) is 42.2 Å². The molecule has 2 unspecified atom stereocenters. The second kappa shape index (κ2) is 8.32. The van der Waals surface area contributed by atoms with Gasteiger partial charge in [-0.15, -0.1) is 0 Å². The largest absolute Gasteiger partial charge is 0.467 e. The number of rotatable bonds is 7. The molecule has 1 aromatic heterocycles. The fourth-order valence-electron chi connectivity index (χ4n) is 3.50. The third-order valence-electron chi connectivity index (χ3n) is 4.83. The molecule has 0 bridgehead atoms. The van der Waals surface area contributed by atoms with Gasteiger partial charge in [0.1, 0.15) is 5.76 Å². The molecule has 2 atom stereocenters. The van der Waals surface area contributed by atoms with E-state index >= 15 is 0 Å². The van der Waals surface area contributed by atoms with Crippen LogP contribution in [-0.2, 0) is 11.3 Å². The molecule has 1 aromatic carbocycles. The Hall–Kier alpha value is -2.11. The summed E-state index contributed by atoms with van der Waals surface area (Å²) in [4.78, 5) is 16.7. The Labute approximate surface area is 148 Å². The standard InChI is InChI=1S/C20H26N2O3/c1-21(13-16-7-5-11-19(16)23)15-20(24)22(14-18-10-6-12-25-18)17-8-3-2-4-9-17/h2-4,6,8-10,12,16,19,23H,5,7,11,13-15H2,1H3. The number of hydrogen-bond donors (Lipinski definition) is 1. The lowest BCUT2D eigenvalue weighted by Crippen LogP contribution is -2.41. The van der Waals surface area contributed by atoms with Crippen LogP contribution < -0.4 is 4.90 Å². The predicted molar refractivity (Wildman–Crippen MR) is 97.2 cm³/mol. The zero-order valence-electron chi connectivity index (χ0n) is 14.7. The summed E-state index contributed by atoms with van der Waals surface area (Å²) < 4.78 is 5.42. The van der Waals surface area contributed by atoms with Crippen molar-refractivity contribution in [3.05, 3.63) is 54.5 Å². The average Bonchev–Trinajstić information content (AvgIpc) is 3.25. The normalized spacial score (nSPS) is 20.1. The van der Waals surface area contributed by atoms with Crippen molar-refractivity contribution < 1.29 is 14.3 Å². The van der Waals surface area contributed by atoms with Crippen molar-refractivity contribution >= 4 is 11.6 Å². The van der Waals surface area contributed by atoms with Gasteiger partial charge in [0.25, 0.3) is 0 Å². The molecule has 1 aliphatic rings. The molecule has 0 spiro atoms. The quantitative estimate of drug-likeness (QED) is 0.841. The van der Waals surface area contributed by atoms with E-state index in [1.54, 1.807) is 11.2 Å². The molecule has 134 valence electrons. The molecule has 2 aromatic rings. The second-order valence-electron chi connectivity index (χ2n) is 6.85. The number of nitrogens with zero attached hydrogens (tertiary/aromatic N) is 2. The van der Waals surface area contributed by atoms with Gasteiger partial charge in [-0.1, -0.05) is 24.6 Å². The molecule has 25 heavy (non-hydrogen) atoms. The Morgan fingerprint density at radius 2 is 2.00 bits per heavy atom. The molecule has 3 rings (SSSR count). The Kier molecular flexibility index (Phi) is 5.89. The van der Waals surface area contributed by atoms with Crippen LogP contribution >= 0.6 is 0 Å². The summed E-state index contributed by atoms with van der Waals surface area (Å²) in [6, 6.07) is 13.4. The molecular formula is C20H26N2O3. The monoisotopic (exact) mass is 342 g/mol. The third-order valence-corrected chi connectivity index (χ3v) is 4.83. The Morgan fingerprint density at radius 3 is 2.64 bits per heavy atom. The van der Waals surface area contributed by atoms with Crippen molar-refractivity contribution in [2.24, 2.45) is 5.92 Å². The first-order chi connectivity index (χ1) is 12.1. The van der Waals surface area contributed by atoms with E-state index in [-0.39, 0.29) is 17.9 Å². The van der Waals surface area contributed by atoms with E-state index in [0.29, 0.717) is 13.1 Å². The van der Waals surface area contributed by atoms with E-state index in [1.165, 1.54) is 0 Å². The van der Waals surface area contributed by atoms with Crippen LogP contribution in [0.1, 0.15) is 25.0 Å². The molecule has 1 aliphatic carbocycles. The van der Waals surface area contributed by atoms with Crippen LogP contribution in [0.3, 0.4) is 0 Å². The molecule has 1 heterocycles. The zero-order valence-corrected chi connectivity index (χ0v) is 14.7. The average molecular weight is 342 g/mol. The number of carbonyl (C=O) groups is 1. The van der Waals surface area contributed by atoms with Crippen molar-refractivity contribution in [1.82, 2.24) is 4.90 Å². The fourth-order valence-corrected chi connectivity index (χ4v) is 3.50. The SMILES string of the molecule is CN(CC(=O)N(Cc1ccco1)c1ccccc1)CC1CCCC1O. The number of aliphatic hydroxyl groups excluding tert-OH is 1. The molecule has 5 heteroatoms. The van der Waals surface area contributed by atoms with Gasteiger partial charge in [0, 0.05) is 12.2 Å². The van der Waals surface area contributed by atoms with E-state index in [4.69, 9.17) is 4.42 Å². The molecule has 0 saturated heterocycles. The molecule has 1 N–H and O–H groups in total. The van der Waals surface area contributed by atoms with Gasteiger partial charge in [0.15, 0.2) is 0 Å². The lowest BCUT2D eigenvalue weighted by molar-refractivity contribution is -0.119. The minimum absolute atomic E-state index is 0.0255. The zero-order chi connectivity index (χ0) is 17.6. The minimum atomic E-state index is -0.231. The number of anilines is 1. The van der Waals surface area contributed by atoms with Crippen molar-refractivity contribution in [2.75, 3.05) is 25.0 Å². The first-order valence-corrected chi connectivity index (χ1v) is 8.88. The predicted octanol–water partition coefficient (Wildman–Crippen LogP) is 2.91. The van der Waals surface area contributed by atoms with E-state index < -0.39 is 0 Å². The number of benzene rings is 1. The van der Waals surface area contributed by atoms with E-state index in [0.717, 1.165) is 37.3 Å². The van der Waals surface area contributed by atoms with Crippen LogP contribution in [0.25, 0.3) is 0 Å². The number of carbonyl (C=O) groups excluding carboxylic acids is 1. The van der Waals surface area contributed by atoms with Gasteiger partial charge in [-0.25, -0.2) is 0 Å². The summed E-state index contributed by atoms with van der Waals surface area (Å²) in [5.41, 5.74) is 0.859.